The third-order valence-corrected chi connectivity index (χ3v) is 4.76. The van der Waals surface area contributed by atoms with E-state index in [0.717, 1.165) is 12.0 Å². The smallest absolute Gasteiger partial charge is 0.272 e. The molecule has 1 fully saturated rings. The van der Waals surface area contributed by atoms with Crippen LogP contribution in [0.4, 0.5) is 0 Å². The molecule has 2 aromatic rings. The van der Waals surface area contributed by atoms with Gasteiger partial charge in [-0.1, -0.05) is 29.8 Å². The van der Waals surface area contributed by atoms with Crippen LogP contribution in [0.25, 0.3) is 0 Å². The molecule has 1 aliphatic rings. The molecular weight excluding hydrogens is 368 g/mol. The Labute approximate surface area is 161 Å². The van der Waals surface area contributed by atoms with Crippen LogP contribution in [0.2, 0.25) is 5.02 Å². The average Bonchev–Trinajstić information content (AvgIpc) is 2.72. The second kappa shape index (κ2) is 8.64. The molecule has 1 saturated heterocycles. The van der Waals surface area contributed by atoms with E-state index in [1.807, 2.05) is 18.2 Å². The van der Waals surface area contributed by atoms with Crippen molar-refractivity contribution >= 4 is 29.8 Å². The molecule has 7 nitrogen and oxygen atoms in total. The van der Waals surface area contributed by atoms with E-state index in [1.54, 1.807) is 21.9 Å². The van der Waals surface area contributed by atoms with Gasteiger partial charge in [-0.3, -0.25) is 19.4 Å². The van der Waals surface area contributed by atoms with E-state index in [4.69, 9.17) is 11.6 Å². The summed E-state index contributed by atoms with van der Waals surface area (Å²) in [5.41, 5.74) is 1.37. The van der Waals surface area contributed by atoms with Crippen LogP contribution in [-0.2, 0) is 11.3 Å². The summed E-state index contributed by atoms with van der Waals surface area (Å²) in [5.74, 6) is -0.557. The number of benzene rings is 1. The lowest BCUT2D eigenvalue weighted by atomic mass is 10.1. The number of nitrogens with zero attached hydrogens (tertiary/aromatic N) is 3. The van der Waals surface area contributed by atoms with Gasteiger partial charge in [-0.25, -0.2) is 0 Å². The topological polar surface area (TPSA) is 82.6 Å². The summed E-state index contributed by atoms with van der Waals surface area (Å²) >= 11 is 6.09. The fourth-order valence-corrected chi connectivity index (χ4v) is 3.00. The Balaban J connectivity index is 1.64. The predicted octanol–water partition coefficient (Wildman–Crippen LogP) is 1.58. The van der Waals surface area contributed by atoms with E-state index >= 15 is 0 Å². The fraction of sp³-hybridized carbons (Fsp3) is 0.263. The third-order valence-electron chi connectivity index (χ3n) is 4.39. The van der Waals surface area contributed by atoms with Gasteiger partial charge < -0.3 is 15.1 Å². The Kier molecular flexibility index (Phi) is 6.03. The predicted molar refractivity (Wildman–Crippen MR) is 100 cm³/mol. The maximum absolute atomic E-state index is 12.6. The minimum Gasteiger partial charge on any atom is -0.348 e. The van der Waals surface area contributed by atoms with Crippen LogP contribution in [0.1, 0.15) is 26.4 Å². The Hall–Kier alpha value is -2.93. The summed E-state index contributed by atoms with van der Waals surface area (Å²) in [6.07, 6.45) is 2.23. The standard InChI is InChI=1S/C19H19ClN4O3/c20-16-4-2-1-3-15(16)12-22-18(26)14-5-6-21-17(11-14)19(27)24-9-7-23(13-25)8-10-24/h1-6,11,13H,7-10,12H2,(H,22,26). The zero-order chi connectivity index (χ0) is 19.2. The van der Waals surface area contributed by atoms with Crippen LogP contribution >= 0.6 is 11.6 Å². The maximum Gasteiger partial charge on any atom is 0.272 e. The average molecular weight is 387 g/mol. The van der Waals surface area contributed by atoms with Crippen molar-refractivity contribution in [3.63, 3.8) is 0 Å². The van der Waals surface area contributed by atoms with E-state index in [-0.39, 0.29) is 24.1 Å². The summed E-state index contributed by atoms with van der Waals surface area (Å²) in [7, 11) is 0. The SMILES string of the molecule is O=CN1CCN(C(=O)c2cc(C(=O)NCc3ccccc3Cl)ccn2)CC1. The van der Waals surface area contributed by atoms with E-state index < -0.39 is 0 Å². The van der Waals surface area contributed by atoms with E-state index in [9.17, 15) is 14.4 Å². The zero-order valence-electron chi connectivity index (χ0n) is 14.6. The van der Waals surface area contributed by atoms with Crippen molar-refractivity contribution in [1.82, 2.24) is 20.1 Å². The number of carbonyl (C=O) groups excluding carboxylic acids is 3. The fourth-order valence-electron chi connectivity index (χ4n) is 2.80. The van der Waals surface area contributed by atoms with Gasteiger partial charge in [0.15, 0.2) is 0 Å². The van der Waals surface area contributed by atoms with Crippen LogP contribution < -0.4 is 5.32 Å². The highest BCUT2D eigenvalue weighted by Gasteiger charge is 2.23. The molecule has 2 heterocycles. The minimum absolute atomic E-state index is 0.208. The van der Waals surface area contributed by atoms with Crippen LogP contribution in [0.5, 0.6) is 0 Å². The summed E-state index contributed by atoms with van der Waals surface area (Å²) in [4.78, 5) is 43.1. The molecule has 1 aromatic heterocycles. The number of hydrogen-bond donors (Lipinski definition) is 1. The van der Waals surface area contributed by atoms with Crippen molar-refractivity contribution in [3.8, 4) is 0 Å². The maximum atomic E-state index is 12.6. The van der Waals surface area contributed by atoms with Crippen LogP contribution in [0.3, 0.4) is 0 Å². The van der Waals surface area contributed by atoms with Gasteiger partial charge >= 0.3 is 0 Å². The van der Waals surface area contributed by atoms with Gasteiger partial charge in [-0.15, -0.1) is 0 Å². The molecule has 0 bridgehead atoms. The van der Waals surface area contributed by atoms with Gasteiger partial charge in [0, 0.05) is 49.5 Å². The number of halogens is 1. The van der Waals surface area contributed by atoms with Gasteiger partial charge in [0.1, 0.15) is 5.69 Å². The largest absolute Gasteiger partial charge is 0.348 e. The quantitative estimate of drug-likeness (QED) is 0.791. The Morgan fingerprint density at radius 3 is 2.59 bits per heavy atom. The lowest BCUT2D eigenvalue weighted by Crippen LogP contribution is -2.48. The molecule has 0 spiro atoms. The number of amides is 3. The Bertz CT molecular complexity index is 850. The van der Waals surface area contributed by atoms with Crippen molar-refractivity contribution in [1.29, 1.82) is 0 Å². The van der Waals surface area contributed by atoms with Crippen molar-refractivity contribution in [3.05, 3.63) is 64.4 Å². The number of rotatable bonds is 5. The van der Waals surface area contributed by atoms with Crippen molar-refractivity contribution in [2.24, 2.45) is 0 Å². The van der Waals surface area contributed by atoms with Gasteiger partial charge in [-0.2, -0.15) is 0 Å². The molecule has 1 aliphatic heterocycles. The highest BCUT2D eigenvalue weighted by atomic mass is 35.5. The molecule has 1 aromatic carbocycles. The molecule has 8 heteroatoms. The van der Waals surface area contributed by atoms with E-state index in [2.05, 4.69) is 10.3 Å². The molecule has 1 N–H and O–H groups in total. The number of hydrogen-bond acceptors (Lipinski definition) is 4. The van der Waals surface area contributed by atoms with Crippen molar-refractivity contribution in [2.75, 3.05) is 26.2 Å². The summed E-state index contributed by atoms with van der Waals surface area (Å²) in [6.45, 7) is 2.17. The van der Waals surface area contributed by atoms with Crippen molar-refractivity contribution < 1.29 is 14.4 Å². The van der Waals surface area contributed by atoms with Gasteiger partial charge in [0.05, 0.1) is 0 Å². The second-order valence-corrected chi connectivity index (χ2v) is 6.54. The number of aromatic nitrogens is 1. The van der Waals surface area contributed by atoms with Gasteiger partial charge in [0.25, 0.3) is 11.8 Å². The molecule has 0 radical (unpaired) electrons. The van der Waals surface area contributed by atoms with E-state index in [0.29, 0.717) is 36.8 Å². The molecule has 0 unspecified atom stereocenters. The molecular formula is C19H19ClN4O3. The number of carbonyl (C=O) groups is 3. The number of nitrogens with one attached hydrogen (secondary N) is 1. The van der Waals surface area contributed by atoms with Crippen molar-refractivity contribution in [2.45, 2.75) is 6.54 Å². The molecule has 0 atom stereocenters. The first-order chi connectivity index (χ1) is 13.1. The third kappa shape index (κ3) is 4.62. The highest BCUT2D eigenvalue weighted by molar-refractivity contribution is 6.31. The lowest BCUT2D eigenvalue weighted by molar-refractivity contribution is -0.119. The molecule has 140 valence electrons. The first kappa shape index (κ1) is 18.8. The monoisotopic (exact) mass is 386 g/mol. The van der Waals surface area contributed by atoms with E-state index in [1.165, 1.54) is 12.3 Å². The Morgan fingerprint density at radius 1 is 1.15 bits per heavy atom. The minimum atomic E-state index is -0.308. The van der Waals surface area contributed by atoms with Gasteiger partial charge in [-0.05, 0) is 23.8 Å². The molecule has 3 amide bonds. The molecule has 0 saturated carbocycles. The first-order valence-corrected chi connectivity index (χ1v) is 8.92. The number of piperazine rings is 1. The van der Waals surface area contributed by atoms with Crippen LogP contribution in [-0.4, -0.2) is 59.2 Å². The molecule has 27 heavy (non-hydrogen) atoms. The summed E-state index contributed by atoms with van der Waals surface area (Å²) in [5, 5.41) is 3.37. The van der Waals surface area contributed by atoms with Crippen LogP contribution in [0, 0.1) is 0 Å². The van der Waals surface area contributed by atoms with Gasteiger partial charge in [0.2, 0.25) is 6.41 Å². The summed E-state index contributed by atoms with van der Waals surface area (Å²) in [6, 6.07) is 10.3. The Morgan fingerprint density at radius 2 is 1.89 bits per heavy atom. The molecule has 0 aliphatic carbocycles. The highest BCUT2D eigenvalue weighted by Crippen LogP contribution is 2.15. The summed E-state index contributed by atoms with van der Waals surface area (Å²) < 4.78 is 0. The molecule has 3 rings (SSSR count). The lowest BCUT2D eigenvalue weighted by Gasteiger charge is -2.32. The number of pyridine rings is 1. The van der Waals surface area contributed by atoms with Crippen LogP contribution in [0.15, 0.2) is 42.6 Å². The zero-order valence-corrected chi connectivity index (χ0v) is 15.4. The second-order valence-electron chi connectivity index (χ2n) is 6.14. The normalized spacial score (nSPS) is 14.0. The first-order valence-electron chi connectivity index (χ1n) is 8.55.